The van der Waals surface area contributed by atoms with Gasteiger partial charge in [0.2, 0.25) is 0 Å². The normalized spacial score (nSPS) is 13.2. The molecule has 18 heavy (non-hydrogen) atoms. The smallest absolute Gasteiger partial charge is 0.138 e. The average Bonchev–Trinajstić information content (AvgIpc) is 2.83. The molecule has 1 N–H and O–H groups in total. The van der Waals surface area contributed by atoms with Crippen molar-refractivity contribution >= 4 is 0 Å². The highest BCUT2D eigenvalue weighted by Gasteiger charge is 2.20. The van der Waals surface area contributed by atoms with Crippen LogP contribution in [0, 0.1) is 5.92 Å². The van der Waals surface area contributed by atoms with Gasteiger partial charge >= 0.3 is 0 Å². The van der Waals surface area contributed by atoms with Gasteiger partial charge in [0.25, 0.3) is 0 Å². The molecule has 1 atom stereocenters. The Morgan fingerprint density at radius 2 is 1.89 bits per heavy atom. The molecule has 4 nitrogen and oxygen atoms in total. The van der Waals surface area contributed by atoms with Gasteiger partial charge in [-0.15, -0.1) is 0 Å². The molecular formula is C14H28N4. The molecule has 0 aliphatic rings. The second-order valence-corrected chi connectivity index (χ2v) is 4.93. The maximum atomic E-state index is 4.39. The zero-order valence-electron chi connectivity index (χ0n) is 12.3. The van der Waals surface area contributed by atoms with Crippen LogP contribution in [0.25, 0.3) is 0 Å². The Hall–Kier alpha value is -0.900. The van der Waals surface area contributed by atoms with Gasteiger partial charge in [0.05, 0.1) is 0 Å². The molecule has 1 aromatic rings. The quantitative estimate of drug-likeness (QED) is 0.734. The molecule has 0 fully saturated rings. The maximum Gasteiger partial charge on any atom is 0.138 e. The summed E-state index contributed by atoms with van der Waals surface area (Å²) in [6, 6.07) is 0.513. The Bertz CT molecular complexity index is 315. The SMILES string of the molecule is CCCC(CCC)C(Cc1ncnn1CC)NC. The predicted molar refractivity (Wildman–Crippen MR) is 75.6 cm³/mol. The van der Waals surface area contributed by atoms with Crippen LogP contribution in [-0.2, 0) is 13.0 Å². The Morgan fingerprint density at radius 1 is 1.22 bits per heavy atom. The van der Waals surface area contributed by atoms with Crippen molar-refractivity contribution in [3.63, 3.8) is 0 Å². The fourth-order valence-corrected chi connectivity index (χ4v) is 2.70. The van der Waals surface area contributed by atoms with Crippen LogP contribution in [0.15, 0.2) is 6.33 Å². The van der Waals surface area contributed by atoms with Crippen molar-refractivity contribution in [3.05, 3.63) is 12.2 Å². The number of hydrogen-bond acceptors (Lipinski definition) is 3. The summed E-state index contributed by atoms with van der Waals surface area (Å²) in [7, 11) is 2.07. The van der Waals surface area contributed by atoms with Crippen LogP contribution >= 0.6 is 0 Å². The molecule has 0 spiro atoms. The van der Waals surface area contributed by atoms with Crippen LogP contribution in [-0.4, -0.2) is 27.9 Å². The molecule has 0 amide bonds. The van der Waals surface area contributed by atoms with E-state index in [2.05, 4.69) is 43.2 Å². The van der Waals surface area contributed by atoms with Crippen molar-refractivity contribution < 1.29 is 0 Å². The van der Waals surface area contributed by atoms with Gasteiger partial charge in [-0.25, -0.2) is 4.98 Å². The molecule has 1 aromatic heterocycles. The highest BCUT2D eigenvalue weighted by molar-refractivity contribution is 4.91. The molecular weight excluding hydrogens is 224 g/mol. The minimum atomic E-state index is 0.513. The number of aryl methyl sites for hydroxylation is 1. The van der Waals surface area contributed by atoms with E-state index in [-0.39, 0.29) is 0 Å². The lowest BCUT2D eigenvalue weighted by molar-refractivity contribution is 0.316. The number of aromatic nitrogens is 3. The fourth-order valence-electron chi connectivity index (χ4n) is 2.70. The van der Waals surface area contributed by atoms with Crippen molar-refractivity contribution in [3.8, 4) is 0 Å². The summed E-state index contributed by atoms with van der Waals surface area (Å²) >= 11 is 0. The van der Waals surface area contributed by atoms with E-state index in [1.807, 2.05) is 4.68 Å². The van der Waals surface area contributed by atoms with Crippen molar-refractivity contribution in [2.24, 2.45) is 5.92 Å². The van der Waals surface area contributed by atoms with Gasteiger partial charge < -0.3 is 5.32 Å². The summed E-state index contributed by atoms with van der Waals surface area (Å²) in [6.45, 7) is 7.55. The first kappa shape index (κ1) is 15.2. The molecule has 0 aliphatic heterocycles. The van der Waals surface area contributed by atoms with E-state index in [4.69, 9.17) is 0 Å². The van der Waals surface area contributed by atoms with Crippen molar-refractivity contribution in [2.75, 3.05) is 7.05 Å². The van der Waals surface area contributed by atoms with Crippen LogP contribution in [0.3, 0.4) is 0 Å². The van der Waals surface area contributed by atoms with Crippen LogP contribution in [0.2, 0.25) is 0 Å². The molecule has 4 heteroatoms. The predicted octanol–water partition coefficient (Wildman–Crippen LogP) is 2.64. The summed E-state index contributed by atoms with van der Waals surface area (Å²) in [6.07, 6.45) is 7.74. The lowest BCUT2D eigenvalue weighted by Crippen LogP contribution is -2.36. The maximum absolute atomic E-state index is 4.39. The number of rotatable bonds is 9. The van der Waals surface area contributed by atoms with Gasteiger partial charge in [0, 0.05) is 19.0 Å². The molecule has 0 saturated carbocycles. The monoisotopic (exact) mass is 252 g/mol. The van der Waals surface area contributed by atoms with E-state index in [1.165, 1.54) is 25.7 Å². The summed E-state index contributed by atoms with van der Waals surface area (Å²) in [5.74, 6) is 1.85. The minimum Gasteiger partial charge on any atom is -0.316 e. The van der Waals surface area contributed by atoms with Crippen molar-refractivity contribution in [2.45, 2.75) is 65.5 Å². The van der Waals surface area contributed by atoms with Crippen LogP contribution in [0.1, 0.15) is 52.3 Å². The van der Waals surface area contributed by atoms with Gasteiger partial charge in [0.15, 0.2) is 0 Å². The van der Waals surface area contributed by atoms with E-state index in [1.54, 1.807) is 6.33 Å². The summed E-state index contributed by atoms with van der Waals surface area (Å²) in [5, 5.41) is 7.73. The summed E-state index contributed by atoms with van der Waals surface area (Å²) in [4.78, 5) is 4.39. The molecule has 0 aromatic carbocycles. The number of nitrogens with zero attached hydrogens (tertiary/aromatic N) is 3. The molecule has 104 valence electrons. The van der Waals surface area contributed by atoms with Crippen LogP contribution in [0.4, 0.5) is 0 Å². The molecule has 0 radical (unpaired) electrons. The zero-order chi connectivity index (χ0) is 13.4. The van der Waals surface area contributed by atoms with Crippen molar-refractivity contribution in [1.82, 2.24) is 20.1 Å². The second-order valence-electron chi connectivity index (χ2n) is 4.93. The van der Waals surface area contributed by atoms with E-state index < -0.39 is 0 Å². The number of hydrogen-bond donors (Lipinski definition) is 1. The Kier molecular flexibility index (Phi) is 6.94. The molecule has 0 aliphatic carbocycles. The van der Waals surface area contributed by atoms with Gasteiger partial charge in [-0.05, 0) is 32.7 Å². The van der Waals surface area contributed by atoms with Gasteiger partial charge in [0.1, 0.15) is 12.2 Å². The number of nitrogens with one attached hydrogen (secondary N) is 1. The first-order chi connectivity index (χ1) is 8.76. The minimum absolute atomic E-state index is 0.513. The standard InChI is InChI=1S/C14H28N4/c1-5-8-12(9-6-2)13(15-4)10-14-16-11-17-18(14)7-3/h11-13,15H,5-10H2,1-4H3. The third kappa shape index (κ3) is 4.09. The van der Waals surface area contributed by atoms with Gasteiger partial charge in [-0.3, -0.25) is 4.68 Å². The highest BCUT2D eigenvalue weighted by atomic mass is 15.3. The lowest BCUT2D eigenvalue weighted by Gasteiger charge is -2.26. The van der Waals surface area contributed by atoms with E-state index >= 15 is 0 Å². The van der Waals surface area contributed by atoms with E-state index in [0.29, 0.717) is 6.04 Å². The summed E-state index contributed by atoms with van der Waals surface area (Å²) < 4.78 is 2.00. The topological polar surface area (TPSA) is 42.7 Å². The Balaban J connectivity index is 2.69. The molecule has 1 heterocycles. The van der Waals surface area contributed by atoms with Gasteiger partial charge in [-0.2, -0.15) is 5.10 Å². The van der Waals surface area contributed by atoms with E-state index in [0.717, 1.165) is 24.7 Å². The first-order valence-electron chi connectivity index (χ1n) is 7.30. The molecule has 1 unspecified atom stereocenters. The van der Waals surface area contributed by atoms with Crippen LogP contribution in [0.5, 0.6) is 0 Å². The third-order valence-corrected chi connectivity index (χ3v) is 3.66. The zero-order valence-corrected chi connectivity index (χ0v) is 12.3. The Morgan fingerprint density at radius 3 is 2.39 bits per heavy atom. The average molecular weight is 252 g/mol. The highest BCUT2D eigenvalue weighted by Crippen LogP contribution is 2.20. The third-order valence-electron chi connectivity index (χ3n) is 3.66. The van der Waals surface area contributed by atoms with Crippen LogP contribution < -0.4 is 5.32 Å². The molecule has 0 bridgehead atoms. The first-order valence-corrected chi connectivity index (χ1v) is 7.30. The largest absolute Gasteiger partial charge is 0.316 e. The Labute approximate surface area is 111 Å². The van der Waals surface area contributed by atoms with E-state index in [9.17, 15) is 0 Å². The lowest BCUT2D eigenvalue weighted by atomic mass is 9.88. The molecule has 1 rings (SSSR count). The fraction of sp³-hybridized carbons (Fsp3) is 0.857. The van der Waals surface area contributed by atoms with Crippen molar-refractivity contribution in [1.29, 1.82) is 0 Å². The number of likely N-dealkylation sites (N-methyl/N-ethyl adjacent to an activating group) is 1. The van der Waals surface area contributed by atoms with Gasteiger partial charge in [-0.1, -0.05) is 26.7 Å². The summed E-state index contributed by atoms with van der Waals surface area (Å²) in [5.41, 5.74) is 0. The molecule has 0 saturated heterocycles. The second kappa shape index (κ2) is 8.25.